The van der Waals surface area contributed by atoms with Crippen LogP contribution < -0.4 is 10.5 Å². The third-order valence-electron chi connectivity index (χ3n) is 6.16. The van der Waals surface area contributed by atoms with Crippen molar-refractivity contribution in [1.29, 1.82) is 5.26 Å². The summed E-state index contributed by atoms with van der Waals surface area (Å²) in [6, 6.07) is 10.6. The van der Waals surface area contributed by atoms with Gasteiger partial charge in [-0.15, -0.1) is 11.3 Å². The molecule has 1 unspecified atom stereocenters. The highest BCUT2D eigenvalue weighted by Gasteiger charge is 2.31. The van der Waals surface area contributed by atoms with E-state index < -0.39 is 6.23 Å². The molecule has 2 atom stereocenters. The number of aliphatic hydroxyl groups excluding tert-OH is 1. The zero-order chi connectivity index (χ0) is 22.4. The van der Waals surface area contributed by atoms with Crippen molar-refractivity contribution in [2.24, 2.45) is 0 Å². The number of aliphatic hydroxyl groups is 1. The minimum Gasteiger partial charge on any atom is -0.495 e. The summed E-state index contributed by atoms with van der Waals surface area (Å²) in [6.07, 6.45) is 1.71. The second-order valence-electron chi connectivity index (χ2n) is 8.21. The SMILES string of the molecule is COc1cc(C)cc2cc(-c3cc([C@H]4CCN(C(O)CC#N)C4)n4ncnc(N)c34)sc12. The average molecular weight is 449 g/mol. The van der Waals surface area contributed by atoms with Gasteiger partial charge in [0.2, 0.25) is 0 Å². The van der Waals surface area contributed by atoms with E-state index in [1.165, 1.54) is 6.33 Å². The first-order valence-electron chi connectivity index (χ1n) is 10.5. The van der Waals surface area contributed by atoms with Crippen molar-refractivity contribution in [3.63, 3.8) is 0 Å². The summed E-state index contributed by atoms with van der Waals surface area (Å²) in [5, 5.41) is 24.8. The van der Waals surface area contributed by atoms with E-state index in [-0.39, 0.29) is 12.3 Å². The molecule has 32 heavy (non-hydrogen) atoms. The molecule has 1 aromatic carbocycles. The number of aryl methyl sites for hydroxylation is 1. The Balaban J connectivity index is 1.62. The number of nitrogen functional groups attached to an aromatic ring is 1. The fraction of sp³-hybridized carbons (Fsp3) is 0.348. The fourth-order valence-corrected chi connectivity index (χ4v) is 5.78. The molecule has 1 saturated heterocycles. The first kappa shape index (κ1) is 20.7. The average Bonchev–Trinajstić information content (AvgIpc) is 3.49. The van der Waals surface area contributed by atoms with E-state index in [4.69, 9.17) is 15.7 Å². The highest BCUT2D eigenvalue weighted by molar-refractivity contribution is 7.22. The highest BCUT2D eigenvalue weighted by atomic mass is 32.1. The number of hydrogen-bond donors (Lipinski definition) is 2. The van der Waals surface area contributed by atoms with Crippen LogP contribution in [0.3, 0.4) is 0 Å². The van der Waals surface area contributed by atoms with Gasteiger partial charge in [0.05, 0.1) is 24.3 Å². The zero-order valence-electron chi connectivity index (χ0n) is 17.9. The van der Waals surface area contributed by atoms with Crippen LogP contribution in [-0.4, -0.2) is 51.0 Å². The van der Waals surface area contributed by atoms with Crippen LogP contribution in [0.1, 0.15) is 30.0 Å². The normalized spacial score (nSPS) is 17.8. The molecule has 5 rings (SSSR count). The third kappa shape index (κ3) is 3.37. The van der Waals surface area contributed by atoms with E-state index in [0.717, 1.165) is 56.0 Å². The summed E-state index contributed by atoms with van der Waals surface area (Å²) in [5.74, 6) is 1.47. The molecule has 3 aromatic heterocycles. The first-order valence-corrected chi connectivity index (χ1v) is 11.3. The second kappa shape index (κ2) is 8.06. The van der Waals surface area contributed by atoms with E-state index in [2.05, 4.69) is 35.2 Å². The van der Waals surface area contributed by atoms with E-state index in [1.54, 1.807) is 18.4 Å². The maximum absolute atomic E-state index is 10.2. The van der Waals surface area contributed by atoms with E-state index >= 15 is 0 Å². The number of ether oxygens (including phenoxy) is 1. The van der Waals surface area contributed by atoms with E-state index in [0.29, 0.717) is 12.4 Å². The van der Waals surface area contributed by atoms with Gasteiger partial charge in [0.15, 0.2) is 5.82 Å². The van der Waals surface area contributed by atoms with Crippen molar-refractivity contribution in [3.8, 4) is 22.3 Å². The van der Waals surface area contributed by atoms with Crippen molar-refractivity contribution in [3.05, 3.63) is 41.9 Å². The standard InChI is InChI=1S/C23H24N6O2S/c1-13-7-15-9-19(32-22(15)18(8-13)31-2)16-10-17(29-21(16)23(25)26-12-27-29)14-4-6-28(11-14)20(30)3-5-24/h7-10,12,14,20,30H,3-4,6,11H2,1-2H3,(H2,25,26,27)/t14-,20?/m0/s1. The summed E-state index contributed by atoms with van der Waals surface area (Å²) in [6.45, 7) is 3.46. The molecule has 1 aliphatic rings. The summed E-state index contributed by atoms with van der Waals surface area (Å²) in [5.41, 5.74) is 10.3. The van der Waals surface area contributed by atoms with Crippen molar-refractivity contribution in [2.75, 3.05) is 25.9 Å². The third-order valence-corrected chi connectivity index (χ3v) is 7.35. The molecule has 0 spiro atoms. The quantitative estimate of drug-likeness (QED) is 0.480. The van der Waals surface area contributed by atoms with Gasteiger partial charge in [-0.05, 0) is 42.5 Å². The Kier molecular flexibility index (Phi) is 5.21. The smallest absolute Gasteiger partial charge is 0.152 e. The van der Waals surface area contributed by atoms with Crippen LogP contribution in [0.25, 0.3) is 26.0 Å². The lowest BCUT2D eigenvalue weighted by atomic mass is 10.0. The molecule has 9 heteroatoms. The molecule has 0 bridgehead atoms. The molecule has 4 aromatic rings. The van der Waals surface area contributed by atoms with Crippen LogP contribution in [0.15, 0.2) is 30.6 Å². The molecule has 0 saturated carbocycles. The number of fused-ring (bicyclic) bond motifs is 2. The Morgan fingerprint density at radius 3 is 3.00 bits per heavy atom. The van der Waals surface area contributed by atoms with Gasteiger partial charge >= 0.3 is 0 Å². The second-order valence-corrected chi connectivity index (χ2v) is 9.26. The number of methoxy groups -OCH3 is 1. The number of rotatable bonds is 5. The molecule has 8 nitrogen and oxygen atoms in total. The van der Waals surface area contributed by atoms with Crippen molar-refractivity contribution >= 4 is 32.8 Å². The Labute approximate surface area is 189 Å². The van der Waals surface area contributed by atoms with Crippen LogP contribution >= 0.6 is 11.3 Å². The lowest BCUT2D eigenvalue weighted by molar-refractivity contribution is 0.0238. The van der Waals surface area contributed by atoms with Gasteiger partial charge in [-0.3, -0.25) is 4.90 Å². The number of nitrogens with two attached hydrogens (primary N) is 1. The molecule has 4 heterocycles. The Morgan fingerprint density at radius 1 is 1.38 bits per heavy atom. The molecule has 164 valence electrons. The molecular formula is C23H24N6O2S. The van der Waals surface area contributed by atoms with E-state index in [1.807, 2.05) is 21.6 Å². The van der Waals surface area contributed by atoms with Gasteiger partial charge in [-0.2, -0.15) is 10.4 Å². The van der Waals surface area contributed by atoms with Crippen LogP contribution in [0.5, 0.6) is 5.75 Å². The van der Waals surface area contributed by atoms with Crippen LogP contribution in [0.4, 0.5) is 5.82 Å². The van der Waals surface area contributed by atoms with E-state index in [9.17, 15) is 5.11 Å². The van der Waals surface area contributed by atoms with Gasteiger partial charge in [-0.1, -0.05) is 6.07 Å². The molecule has 3 N–H and O–H groups in total. The largest absolute Gasteiger partial charge is 0.495 e. The topological polar surface area (TPSA) is 113 Å². The highest BCUT2D eigenvalue weighted by Crippen LogP contribution is 2.43. The van der Waals surface area contributed by atoms with Crippen molar-refractivity contribution in [1.82, 2.24) is 19.5 Å². The Morgan fingerprint density at radius 2 is 2.22 bits per heavy atom. The first-order chi connectivity index (χ1) is 15.5. The van der Waals surface area contributed by atoms with Gasteiger partial charge in [0.25, 0.3) is 0 Å². The van der Waals surface area contributed by atoms with Gasteiger partial charge in [0, 0.05) is 35.1 Å². The van der Waals surface area contributed by atoms with Crippen molar-refractivity contribution < 1.29 is 9.84 Å². The molecule has 0 aliphatic carbocycles. The predicted octanol–water partition coefficient (Wildman–Crippen LogP) is 3.53. The summed E-state index contributed by atoms with van der Waals surface area (Å²) < 4.78 is 8.59. The molecular weight excluding hydrogens is 424 g/mol. The van der Waals surface area contributed by atoms with Crippen molar-refractivity contribution in [2.45, 2.75) is 31.9 Å². The lowest BCUT2D eigenvalue weighted by Crippen LogP contribution is -2.32. The minimum atomic E-state index is -0.742. The summed E-state index contributed by atoms with van der Waals surface area (Å²) in [7, 11) is 1.69. The fourth-order valence-electron chi connectivity index (χ4n) is 4.63. The van der Waals surface area contributed by atoms with Crippen LogP contribution in [-0.2, 0) is 0 Å². The summed E-state index contributed by atoms with van der Waals surface area (Å²) in [4.78, 5) is 7.27. The van der Waals surface area contributed by atoms with Gasteiger partial charge in [-0.25, -0.2) is 9.50 Å². The Bertz CT molecular complexity index is 1350. The maximum Gasteiger partial charge on any atom is 0.152 e. The van der Waals surface area contributed by atoms with Crippen LogP contribution in [0.2, 0.25) is 0 Å². The monoisotopic (exact) mass is 448 g/mol. The lowest BCUT2D eigenvalue weighted by Gasteiger charge is -2.20. The number of nitrogens with zero attached hydrogens (tertiary/aromatic N) is 5. The van der Waals surface area contributed by atoms with Gasteiger partial charge in [0.1, 0.15) is 23.8 Å². The van der Waals surface area contributed by atoms with Gasteiger partial charge < -0.3 is 15.6 Å². The number of aromatic nitrogens is 3. The minimum absolute atomic E-state index is 0.102. The Hall–Kier alpha value is -3.19. The molecule has 0 radical (unpaired) electrons. The maximum atomic E-state index is 10.2. The molecule has 1 fully saturated rings. The number of benzene rings is 1. The zero-order valence-corrected chi connectivity index (χ0v) is 18.8. The molecule has 0 amide bonds. The number of nitriles is 1. The number of hydrogen-bond acceptors (Lipinski definition) is 8. The number of likely N-dealkylation sites (tertiary alicyclic amines) is 1. The summed E-state index contributed by atoms with van der Waals surface area (Å²) >= 11 is 1.67. The number of anilines is 1. The number of thiophene rings is 1. The predicted molar refractivity (Wildman–Crippen MR) is 125 cm³/mol. The molecule has 1 aliphatic heterocycles. The van der Waals surface area contributed by atoms with Crippen LogP contribution in [0, 0.1) is 18.3 Å².